The first kappa shape index (κ1) is 14.9. The van der Waals surface area contributed by atoms with Crippen molar-refractivity contribution in [3.63, 3.8) is 0 Å². The van der Waals surface area contributed by atoms with Crippen LogP contribution in [-0.4, -0.2) is 20.1 Å². The van der Waals surface area contributed by atoms with Crippen LogP contribution in [0.15, 0.2) is 22.7 Å². The molecule has 2 rings (SSSR count). The van der Waals surface area contributed by atoms with E-state index in [1.807, 2.05) is 7.05 Å². The van der Waals surface area contributed by atoms with Crippen molar-refractivity contribution in [3.8, 4) is 0 Å². The first-order valence-corrected chi connectivity index (χ1v) is 8.16. The molecule has 1 aromatic carbocycles. The van der Waals surface area contributed by atoms with E-state index in [0.717, 1.165) is 12.5 Å². The quantitative estimate of drug-likeness (QED) is 0.801. The summed E-state index contributed by atoms with van der Waals surface area (Å²) in [4.78, 5) is 2.54. The Morgan fingerprint density at radius 1 is 1.42 bits per heavy atom. The number of hydrogen-bond acceptors (Lipinski definition) is 2. The number of benzene rings is 1. The highest BCUT2D eigenvalue weighted by atomic mass is 79.9. The van der Waals surface area contributed by atoms with E-state index >= 15 is 0 Å². The number of nitrogens with one attached hydrogen (secondary N) is 1. The molecular weight excluding hydrogens is 300 g/mol. The Morgan fingerprint density at radius 2 is 2.16 bits per heavy atom. The van der Waals surface area contributed by atoms with Crippen LogP contribution in [-0.2, 0) is 0 Å². The molecule has 2 nitrogen and oxygen atoms in total. The lowest BCUT2D eigenvalue weighted by atomic mass is 10.1. The molecule has 0 aliphatic heterocycles. The van der Waals surface area contributed by atoms with Gasteiger partial charge in [0.05, 0.1) is 5.69 Å². The second kappa shape index (κ2) is 6.76. The van der Waals surface area contributed by atoms with Gasteiger partial charge in [-0.25, -0.2) is 0 Å². The fourth-order valence-electron chi connectivity index (χ4n) is 2.41. The Bertz CT molecular complexity index is 415. The smallest absolute Gasteiger partial charge is 0.0510 e. The van der Waals surface area contributed by atoms with E-state index in [2.05, 4.69) is 58.2 Å². The van der Waals surface area contributed by atoms with Gasteiger partial charge in [0.25, 0.3) is 0 Å². The van der Waals surface area contributed by atoms with Crippen molar-refractivity contribution in [2.24, 2.45) is 5.92 Å². The summed E-state index contributed by atoms with van der Waals surface area (Å²) in [5, 5.41) is 3.29. The first-order valence-electron chi connectivity index (χ1n) is 7.37. The summed E-state index contributed by atoms with van der Waals surface area (Å²) < 4.78 is 1.22. The van der Waals surface area contributed by atoms with Gasteiger partial charge in [0, 0.05) is 23.6 Å². The molecule has 0 heterocycles. The van der Waals surface area contributed by atoms with Crippen LogP contribution >= 0.6 is 15.9 Å². The van der Waals surface area contributed by atoms with Gasteiger partial charge in [-0.1, -0.05) is 13.0 Å². The number of nitrogens with zero attached hydrogens (tertiary/aromatic N) is 1. The predicted octanol–water partition coefficient (Wildman–Crippen LogP) is 4.36. The molecule has 0 amide bonds. The second-order valence-electron chi connectivity index (χ2n) is 5.61. The van der Waals surface area contributed by atoms with Gasteiger partial charge in [-0.05, 0) is 72.8 Å². The third-order valence-electron chi connectivity index (χ3n) is 3.91. The summed E-state index contributed by atoms with van der Waals surface area (Å²) in [5.74, 6) is 0.925. The molecule has 1 unspecified atom stereocenters. The minimum absolute atomic E-state index is 0.397. The van der Waals surface area contributed by atoms with Crippen molar-refractivity contribution < 1.29 is 0 Å². The summed E-state index contributed by atoms with van der Waals surface area (Å²) in [6.45, 7) is 6.81. The van der Waals surface area contributed by atoms with Crippen LogP contribution in [0.2, 0.25) is 0 Å². The maximum atomic E-state index is 3.76. The normalized spacial score (nSPS) is 16.4. The third-order valence-corrected chi connectivity index (χ3v) is 4.55. The summed E-state index contributed by atoms with van der Waals surface area (Å²) in [6.07, 6.45) is 4.02. The van der Waals surface area contributed by atoms with Crippen LogP contribution < -0.4 is 10.2 Å². The van der Waals surface area contributed by atoms with E-state index in [0.29, 0.717) is 6.04 Å². The van der Waals surface area contributed by atoms with E-state index < -0.39 is 0 Å². The third kappa shape index (κ3) is 3.96. The zero-order valence-electron chi connectivity index (χ0n) is 12.2. The van der Waals surface area contributed by atoms with Crippen LogP contribution in [0, 0.1) is 5.92 Å². The van der Waals surface area contributed by atoms with Crippen LogP contribution in [0.3, 0.4) is 0 Å². The molecule has 0 spiro atoms. The molecule has 1 aromatic rings. The summed E-state index contributed by atoms with van der Waals surface area (Å²) in [7, 11) is 2.00. The molecular formula is C16H25BrN2. The molecule has 1 aliphatic rings. The minimum atomic E-state index is 0.397. The maximum absolute atomic E-state index is 3.76. The highest BCUT2D eigenvalue weighted by molar-refractivity contribution is 9.10. The van der Waals surface area contributed by atoms with E-state index in [1.54, 1.807) is 0 Å². The molecule has 1 N–H and O–H groups in total. The van der Waals surface area contributed by atoms with Crippen molar-refractivity contribution in [3.05, 3.63) is 28.2 Å². The molecule has 1 fully saturated rings. The maximum Gasteiger partial charge on any atom is 0.0510 e. The van der Waals surface area contributed by atoms with Gasteiger partial charge in [-0.3, -0.25) is 0 Å². The standard InChI is InChI=1S/C16H25BrN2/c1-4-9-19(11-13-5-6-13)16-8-7-14(10-15(16)17)12(2)18-3/h7-8,10,12-13,18H,4-6,9,11H2,1-3H3. The lowest BCUT2D eigenvalue weighted by molar-refractivity contribution is 0.651. The van der Waals surface area contributed by atoms with E-state index in [9.17, 15) is 0 Å². The summed E-state index contributed by atoms with van der Waals surface area (Å²) in [5.41, 5.74) is 2.68. The van der Waals surface area contributed by atoms with Gasteiger partial charge < -0.3 is 10.2 Å². The molecule has 3 heteroatoms. The molecule has 1 atom stereocenters. The van der Waals surface area contributed by atoms with Gasteiger partial charge in [-0.2, -0.15) is 0 Å². The zero-order valence-corrected chi connectivity index (χ0v) is 13.8. The Kier molecular flexibility index (Phi) is 5.28. The van der Waals surface area contributed by atoms with Crippen LogP contribution in [0.5, 0.6) is 0 Å². The molecule has 0 aromatic heterocycles. The monoisotopic (exact) mass is 324 g/mol. The number of halogens is 1. The molecule has 19 heavy (non-hydrogen) atoms. The second-order valence-corrected chi connectivity index (χ2v) is 6.46. The first-order chi connectivity index (χ1) is 9.15. The van der Waals surface area contributed by atoms with Gasteiger partial charge in [-0.15, -0.1) is 0 Å². The van der Waals surface area contributed by atoms with Crippen molar-refractivity contribution in [1.29, 1.82) is 0 Å². The van der Waals surface area contributed by atoms with Gasteiger partial charge in [0.2, 0.25) is 0 Å². The Morgan fingerprint density at radius 3 is 2.68 bits per heavy atom. The van der Waals surface area contributed by atoms with Crippen LogP contribution in [0.4, 0.5) is 5.69 Å². The van der Waals surface area contributed by atoms with Crippen molar-refractivity contribution in [2.75, 3.05) is 25.0 Å². The van der Waals surface area contributed by atoms with Crippen molar-refractivity contribution in [1.82, 2.24) is 5.32 Å². The zero-order chi connectivity index (χ0) is 13.8. The van der Waals surface area contributed by atoms with Gasteiger partial charge in [0.15, 0.2) is 0 Å². The number of rotatable bonds is 7. The molecule has 1 saturated carbocycles. The van der Waals surface area contributed by atoms with E-state index in [1.165, 1.54) is 41.5 Å². The highest BCUT2D eigenvalue weighted by Crippen LogP contribution is 2.35. The van der Waals surface area contributed by atoms with Crippen LogP contribution in [0.1, 0.15) is 44.7 Å². The Hall–Kier alpha value is -0.540. The van der Waals surface area contributed by atoms with Gasteiger partial charge in [0.1, 0.15) is 0 Å². The minimum Gasteiger partial charge on any atom is -0.370 e. The average molecular weight is 325 g/mol. The fraction of sp³-hybridized carbons (Fsp3) is 0.625. The molecule has 1 aliphatic carbocycles. The van der Waals surface area contributed by atoms with E-state index in [-0.39, 0.29) is 0 Å². The lowest BCUT2D eigenvalue weighted by Crippen LogP contribution is -2.27. The Balaban J connectivity index is 2.16. The van der Waals surface area contributed by atoms with Crippen LogP contribution in [0.25, 0.3) is 0 Å². The predicted molar refractivity (Wildman–Crippen MR) is 86.8 cm³/mol. The molecule has 0 saturated heterocycles. The topological polar surface area (TPSA) is 15.3 Å². The molecule has 0 bridgehead atoms. The van der Waals surface area contributed by atoms with Crippen molar-refractivity contribution >= 4 is 21.6 Å². The Labute approximate surface area is 125 Å². The SMILES string of the molecule is CCCN(CC1CC1)c1ccc(C(C)NC)cc1Br. The van der Waals surface area contributed by atoms with E-state index in [4.69, 9.17) is 0 Å². The summed E-state index contributed by atoms with van der Waals surface area (Å²) in [6, 6.07) is 7.17. The molecule has 106 valence electrons. The highest BCUT2D eigenvalue weighted by Gasteiger charge is 2.25. The average Bonchev–Trinajstić information content (AvgIpc) is 3.21. The molecule has 0 radical (unpaired) electrons. The number of hydrogen-bond donors (Lipinski definition) is 1. The fourth-order valence-corrected chi connectivity index (χ4v) is 3.05. The summed E-state index contributed by atoms with van der Waals surface area (Å²) >= 11 is 3.76. The van der Waals surface area contributed by atoms with Crippen molar-refractivity contribution in [2.45, 2.75) is 39.2 Å². The lowest BCUT2D eigenvalue weighted by Gasteiger charge is -2.26. The van der Waals surface area contributed by atoms with Gasteiger partial charge >= 0.3 is 0 Å². The largest absolute Gasteiger partial charge is 0.370 e. The number of anilines is 1.